The zero-order valence-corrected chi connectivity index (χ0v) is 10.9. The second-order valence-electron chi connectivity index (χ2n) is 5.13. The van der Waals surface area contributed by atoms with Gasteiger partial charge in [0.05, 0.1) is 0 Å². The summed E-state index contributed by atoms with van der Waals surface area (Å²) >= 11 is 0. The summed E-state index contributed by atoms with van der Waals surface area (Å²) in [6.45, 7) is 13.7. The van der Waals surface area contributed by atoms with E-state index in [1.807, 2.05) is 0 Å². The third-order valence-corrected chi connectivity index (χ3v) is 2.55. The van der Waals surface area contributed by atoms with Crippen LogP contribution >= 0.6 is 0 Å². The highest BCUT2D eigenvalue weighted by molar-refractivity contribution is 5.01. The van der Waals surface area contributed by atoms with Crippen molar-refractivity contribution in [1.82, 2.24) is 4.90 Å². The molecule has 0 aliphatic heterocycles. The zero-order chi connectivity index (χ0) is 11.2. The molecule has 0 unspecified atom stereocenters. The van der Waals surface area contributed by atoms with Crippen LogP contribution in [0.1, 0.15) is 47.5 Å². The van der Waals surface area contributed by atoms with Gasteiger partial charge in [-0.1, -0.05) is 39.3 Å². The van der Waals surface area contributed by atoms with Crippen LogP contribution in [0.4, 0.5) is 0 Å². The highest BCUT2D eigenvalue weighted by Gasteiger charge is 2.19. The maximum atomic E-state index is 2.39. The predicted octanol–water partition coefficient (Wildman–Crippen LogP) is 3.71. The van der Waals surface area contributed by atoms with E-state index in [0.29, 0.717) is 5.41 Å². The summed E-state index contributed by atoms with van der Waals surface area (Å²) in [7, 11) is 2.20. The van der Waals surface area contributed by atoms with E-state index in [1.165, 1.54) is 18.5 Å². The monoisotopic (exact) mass is 197 g/mol. The molecule has 1 heteroatoms. The third-order valence-electron chi connectivity index (χ3n) is 2.55. The van der Waals surface area contributed by atoms with Crippen molar-refractivity contribution >= 4 is 0 Å². The molecule has 0 rings (SSSR count). The first-order valence-corrected chi connectivity index (χ1v) is 5.75. The molecule has 0 aliphatic carbocycles. The Morgan fingerprint density at radius 3 is 2.29 bits per heavy atom. The van der Waals surface area contributed by atoms with Gasteiger partial charge in [0.25, 0.3) is 0 Å². The van der Waals surface area contributed by atoms with Gasteiger partial charge in [-0.2, -0.15) is 0 Å². The summed E-state index contributed by atoms with van der Waals surface area (Å²) in [4.78, 5) is 2.39. The van der Waals surface area contributed by atoms with Gasteiger partial charge in [0.15, 0.2) is 0 Å². The summed E-state index contributed by atoms with van der Waals surface area (Å²) in [5.41, 5.74) is 1.93. The van der Waals surface area contributed by atoms with Gasteiger partial charge in [-0.3, -0.25) is 0 Å². The summed E-state index contributed by atoms with van der Waals surface area (Å²) in [6, 6.07) is 0. The minimum Gasteiger partial charge on any atom is -0.306 e. The lowest BCUT2D eigenvalue weighted by atomic mass is 9.85. The first kappa shape index (κ1) is 13.7. The molecule has 0 heterocycles. The minimum absolute atomic E-state index is 0.403. The second-order valence-corrected chi connectivity index (χ2v) is 5.13. The Kier molecular flexibility index (Phi) is 6.10. The molecule has 0 amide bonds. The van der Waals surface area contributed by atoms with Crippen molar-refractivity contribution in [2.45, 2.75) is 47.5 Å². The number of rotatable bonds is 6. The molecule has 0 aromatic rings. The first-order valence-electron chi connectivity index (χ1n) is 5.75. The molecule has 0 atom stereocenters. The fraction of sp³-hybridized carbons (Fsp3) is 0.846. The standard InChI is InChI=1S/C13H27N/c1-7-9-12(3)10-13(4,5)11-14(6)8-2/h9H,7-8,10-11H2,1-6H3. The highest BCUT2D eigenvalue weighted by Crippen LogP contribution is 2.25. The molecule has 84 valence electrons. The third kappa shape index (κ3) is 6.20. The minimum atomic E-state index is 0.403. The Labute approximate surface area is 90.2 Å². The first-order chi connectivity index (χ1) is 6.41. The maximum Gasteiger partial charge on any atom is 0.00326 e. The van der Waals surface area contributed by atoms with Crippen LogP contribution in [0.15, 0.2) is 11.6 Å². The topological polar surface area (TPSA) is 3.24 Å². The number of allylic oxidation sites excluding steroid dienone is 2. The molecule has 1 nitrogen and oxygen atoms in total. The molecule has 14 heavy (non-hydrogen) atoms. The van der Waals surface area contributed by atoms with Crippen molar-refractivity contribution in [1.29, 1.82) is 0 Å². The second kappa shape index (κ2) is 6.23. The van der Waals surface area contributed by atoms with Gasteiger partial charge in [-0.15, -0.1) is 0 Å². The van der Waals surface area contributed by atoms with Crippen LogP contribution in [-0.4, -0.2) is 25.0 Å². The molecule has 0 aliphatic rings. The molecule has 0 aromatic carbocycles. The van der Waals surface area contributed by atoms with Crippen molar-refractivity contribution in [3.63, 3.8) is 0 Å². The Morgan fingerprint density at radius 1 is 1.29 bits per heavy atom. The van der Waals surface area contributed by atoms with Crippen molar-refractivity contribution in [3.8, 4) is 0 Å². The molecule has 0 aromatic heterocycles. The Bertz CT molecular complexity index is 180. The van der Waals surface area contributed by atoms with Gasteiger partial charge in [-0.25, -0.2) is 0 Å². The average molecular weight is 197 g/mol. The summed E-state index contributed by atoms with van der Waals surface area (Å²) in [5.74, 6) is 0. The fourth-order valence-corrected chi connectivity index (χ4v) is 2.07. The molecule has 0 spiro atoms. The SMILES string of the molecule is CCC=C(C)CC(C)(C)CN(C)CC. The predicted molar refractivity (Wildman–Crippen MR) is 65.6 cm³/mol. The van der Waals surface area contributed by atoms with E-state index >= 15 is 0 Å². The van der Waals surface area contributed by atoms with Crippen molar-refractivity contribution < 1.29 is 0 Å². The molecule has 0 radical (unpaired) electrons. The van der Waals surface area contributed by atoms with Gasteiger partial charge in [0.1, 0.15) is 0 Å². The molecule has 0 N–H and O–H groups in total. The Morgan fingerprint density at radius 2 is 1.86 bits per heavy atom. The van der Waals surface area contributed by atoms with E-state index in [9.17, 15) is 0 Å². The smallest absolute Gasteiger partial charge is 0.00326 e. The van der Waals surface area contributed by atoms with Crippen molar-refractivity contribution in [2.24, 2.45) is 5.41 Å². The van der Waals surface area contributed by atoms with E-state index in [2.05, 4.69) is 52.6 Å². The van der Waals surface area contributed by atoms with E-state index in [-0.39, 0.29) is 0 Å². The average Bonchev–Trinajstić information content (AvgIpc) is 2.02. The van der Waals surface area contributed by atoms with Gasteiger partial charge in [0.2, 0.25) is 0 Å². The van der Waals surface area contributed by atoms with E-state index in [0.717, 1.165) is 13.0 Å². The maximum absolute atomic E-state index is 2.39. The van der Waals surface area contributed by atoms with Crippen LogP contribution in [0.25, 0.3) is 0 Å². The Balaban J connectivity index is 4.12. The molecule has 0 bridgehead atoms. The largest absolute Gasteiger partial charge is 0.306 e. The quantitative estimate of drug-likeness (QED) is 0.587. The van der Waals surface area contributed by atoms with Crippen molar-refractivity contribution in [2.75, 3.05) is 20.1 Å². The van der Waals surface area contributed by atoms with E-state index < -0.39 is 0 Å². The lowest BCUT2D eigenvalue weighted by Gasteiger charge is -2.30. The number of hydrogen-bond donors (Lipinski definition) is 0. The highest BCUT2D eigenvalue weighted by atomic mass is 15.1. The molecular weight excluding hydrogens is 170 g/mol. The molecular formula is C13H27N. The van der Waals surface area contributed by atoms with Gasteiger partial charge in [-0.05, 0) is 38.8 Å². The fourth-order valence-electron chi connectivity index (χ4n) is 2.07. The van der Waals surface area contributed by atoms with Crippen LogP contribution in [0, 0.1) is 5.41 Å². The van der Waals surface area contributed by atoms with Gasteiger partial charge in [0, 0.05) is 6.54 Å². The number of hydrogen-bond acceptors (Lipinski definition) is 1. The summed E-state index contributed by atoms with van der Waals surface area (Å²) in [5, 5.41) is 0. The van der Waals surface area contributed by atoms with Crippen LogP contribution in [-0.2, 0) is 0 Å². The van der Waals surface area contributed by atoms with Crippen LogP contribution in [0.5, 0.6) is 0 Å². The normalized spacial score (nSPS) is 13.8. The van der Waals surface area contributed by atoms with E-state index in [4.69, 9.17) is 0 Å². The van der Waals surface area contributed by atoms with Crippen LogP contribution in [0.3, 0.4) is 0 Å². The van der Waals surface area contributed by atoms with Gasteiger partial charge < -0.3 is 4.90 Å². The zero-order valence-electron chi connectivity index (χ0n) is 10.9. The lowest BCUT2D eigenvalue weighted by molar-refractivity contribution is 0.215. The summed E-state index contributed by atoms with van der Waals surface area (Å²) in [6.07, 6.45) is 4.71. The van der Waals surface area contributed by atoms with Gasteiger partial charge >= 0.3 is 0 Å². The van der Waals surface area contributed by atoms with Crippen LogP contribution < -0.4 is 0 Å². The molecule has 0 fully saturated rings. The number of nitrogens with zero attached hydrogens (tertiary/aromatic N) is 1. The molecule has 0 saturated carbocycles. The van der Waals surface area contributed by atoms with E-state index in [1.54, 1.807) is 0 Å². The Hall–Kier alpha value is -0.300. The molecule has 0 saturated heterocycles. The lowest BCUT2D eigenvalue weighted by Crippen LogP contribution is -2.31. The summed E-state index contributed by atoms with van der Waals surface area (Å²) < 4.78 is 0. The van der Waals surface area contributed by atoms with Crippen molar-refractivity contribution in [3.05, 3.63) is 11.6 Å². The van der Waals surface area contributed by atoms with Crippen LogP contribution in [0.2, 0.25) is 0 Å².